The maximum absolute atomic E-state index is 6.07. The summed E-state index contributed by atoms with van der Waals surface area (Å²) in [5.74, 6) is 0. The van der Waals surface area contributed by atoms with Crippen molar-refractivity contribution in [1.29, 1.82) is 0 Å². The van der Waals surface area contributed by atoms with Crippen molar-refractivity contribution in [3.63, 3.8) is 0 Å². The number of thiocarbonyl (C=S) groups is 1. The fourth-order valence-electron chi connectivity index (χ4n) is 1.35. The van der Waals surface area contributed by atoms with Gasteiger partial charge in [-0.05, 0) is 12.1 Å². The van der Waals surface area contributed by atoms with E-state index in [1.165, 1.54) is 0 Å². The Morgan fingerprint density at radius 3 is 2.81 bits per heavy atom. The summed E-state index contributed by atoms with van der Waals surface area (Å²) in [6.07, 6.45) is 5.29. The van der Waals surface area contributed by atoms with E-state index in [2.05, 4.69) is 4.98 Å². The Balaban J connectivity index is 2.21. The molecule has 0 N–H and O–H groups in total. The second kappa shape index (κ2) is 4.95. The predicted molar refractivity (Wildman–Crippen MR) is 70.4 cm³/mol. The molecular weight excluding hydrogens is 263 g/mol. The van der Waals surface area contributed by atoms with Gasteiger partial charge in [-0.25, -0.2) is 4.98 Å². The molecule has 5 heteroatoms. The van der Waals surface area contributed by atoms with E-state index in [1.807, 2.05) is 16.8 Å². The third-order valence-corrected chi connectivity index (χ3v) is 3.01. The van der Waals surface area contributed by atoms with Crippen LogP contribution in [0.4, 0.5) is 0 Å². The molecule has 16 heavy (non-hydrogen) atoms. The lowest BCUT2D eigenvalue weighted by Gasteiger charge is -2.07. The lowest BCUT2D eigenvalue weighted by molar-refractivity contribution is 0.859. The van der Waals surface area contributed by atoms with Crippen LogP contribution in [0.3, 0.4) is 0 Å². The van der Waals surface area contributed by atoms with Gasteiger partial charge in [0.25, 0.3) is 0 Å². The summed E-state index contributed by atoms with van der Waals surface area (Å²) in [6.45, 7) is 0.594. The van der Waals surface area contributed by atoms with Crippen molar-refractivity contribution < 1.29 is 0 Å². The molecule has 0 spiro atoms. The number of hydrogen-bond donors (Lipinski definition) is 0. The minimum Gasteiger partial charge on any atom is -0.332 e. The molecule has 0 amide bonds. The highest BCUT2D eigenvalue weighted by atomic mass is 35.5. The van der Waals surface area contributed by atoms with Gasteiger partial charge in [0.05, 0.1) is 17.9 Å². The smallest absolute Gasteiger partial charge is 0.0949 e. The highest BCUT2D eigenvalue weighted by Crippen LogP contribution is 2.22. The molecule has 2 aromatic rings. The maximum atomic E-state index is 6.07. The van der Waals surface area contributed by atoms with Crippen LogP contribution < -0.4 is 0 Å². The predicted octanol–water partition coefficient (Wildman–Crippen LogP) is 3.61. The zero-order valence-corrected chi connectivity index (χ0v) is 10.6. The van der Waals surface area contributed by atoms with Gasteiger partial charge in [0.15, 0.2) is 0 Å². The molecular formula is C11H8Cl2N2S. The Hall–Kier alpha value is -0.900. The molecule has 0 unspecified atom stereocenters. The largest absolute Gasteiger partial charge is 0.332 e. The monoisotopic (exact) mass is 270 g/mol. The SMILES string of the molecule is S=C(Cn1ccnc1)c1ccc(Cl)cc1Cl. The molecule has 0 bridgehead atoms. The first kappa shape index (κ1) is 11.6. The Kier molecular flexibility index (Phi) is 3.59. The Morgan fingerprint density at radius 2 is 2.19 bits per heavy atom. The van der Waals surface area contributed by atoms with Crippen LogP contribution >= 0.6 is 35.4 Å². The molecule has 0 atom stereocenters. The van der Waals surface area contributed by atoms with E-state index in [9.17, 15) is 0 Å². The van der Waals surface area contributed by atoms with E-state index in [0.29, 0.717) is 16.6 Å². The molecule has 1 heterocycles. The summed E-state index contributed by atoms with van der Waals surface area (Å²) in [5.41, 5.74) is 0.842. The lowest BCUT2D eigenvalue weighted by atomic mass is 10.1. The summed E-state index contributed by atoms with van der Waals surface area (Å²) in [6, 6.07) is 5.31. The number of rotatable bonds is 3. The quantitative estimate of drug-likeness (QED) is 0.627. The Morgan fingerprint density at radius 1 is 1.38 bits per heavy atom. The molecule has 1 aromatic heterocycles. The van der Waals surface area contributed by atoms with Gasteiger partial charge in [0.1, 0.15) is 0 Å². The van der Waals surface area contributed by atoms with Crippen molar-refractivity contribution in [2.75, 3.05) is 0 Å². The third-order valence-electron chi connectivity index (χ3n) is 2.12. The molecule has 0 aliphatic rings. The molecule has 2 rings (SSSR count). The number of nitrogens with zero attached hydrogens (tertiary/aromatic N) is 2. The second-order valence-electron chi connectivity index (χ2n) is 3.28. The molecule has 0 fully saturated rings. The fourth-order valence-corrected chi connectivity index (χ4v) is 2.25. The van der Waals surface area contributed by atoms with Gasteiger partial charge in [-0.2, -0.15) is 0 Å². The lowest BCUT2D eigenvalue weighted by Crippen LogP contribution is -2.08. The number of hydrogen-bond acceptors (Lipinski definition) is 2. The minimum absolute atomic E-state index is 0.581. The Labute approximate surface area is 109 Å². The standard InChI is InChI=1S/C11H8Cl2N2S/c12-8-1-2-9(10(13)5-8)11(16)6-15-4-3-14-7-15/h1-5,7H,6H2. The van der Waals surface area contributed by atoms with Crippen molar-refractivity contribution in [3.05, 3.63) is 52.5 Å². The van der Waals surface area contributed by atoms with Gasteiger partial charge in [-0.15, -0.1) is 0 Å². The van der Waals surface area contributed by atoms with Crippen molar-refractivity contribution in [2.45, 2.75) is 6.54 Å². The molecule has 1 aromatic carbocycles. The normalized spacial score (nSPS) is 10.4. The van der Waals surface area contributed by atoms with Gasteiger partial charge in [-0.1, -0.05) is 41.5 Å². The summed E-state index contributed by atoms with van der Waals surface area (Å²) >= 11 is 17.2. The van der Waals surface area contributed by atoms with E-state index in [1.54, 1.807) is 24.7 Å². The van der Waals surface area contributed by atoms with Crippen LogP contribution in [0.1, 0.15) is 5.56 Å². The van der Waals surface area contributed by atoms with Crippen LogP contribution in [0.5, 0.6) is 0 Å². The van der Waals surface area contributed by atoms with E-state index >= 15 is 0 Å². The highest BCUT2D eigenvalue weighted by Gasteiger charge is 2.07. The molecule has 2 nitrogen and oxygen atoms in total. The van der Waals surface area contributed by atoms with Crippen LogP contribution in [0.2, 0.25) is 10.0 Å². The number of halogens is 2. The van der Waals surface area contributed by atoms with E-state index in [-0.39, 0.29) is 0 Å². The molecule has 0 aliphatic heterocycles. The van der Waals surface area contributed by atoms with Gasteiger partial charge in [0.2, 0.25) is 0 Å². The summed E-state index contributed by atoms with van der Waals surface area (Å²) < 4.78 is 1.90. The van der Waals surface area contributed by atoms with Crippen LogP contribution in [-0.2, 0) is 6.54 Å². The molecule has 0 radical (unpaired) electrons. The first-order valence-electron chi connectivity index (χ1n) is 4.61. The topological polar surface area (TPSA) is 17.8 Å². The maximum Gasteiger partial charge on any atom is 0.0949 e. The first-order valence-corrected chi connectivity index (χ1v) is 5.77. The summed E-state index contributed by atoms with van der Waals surface area (Å²) in [5, 5.41) is 1.19. The summed E-state index contributed by atoms with van der Waals surface area (Å²) in [4.78, 5) is 4.72. The van der Waals surface area contributed by atoms with Crippen LogP contribution in [0.25, 0.3) is 0 Å². The third kappa shape index (κ3) is 2.61. The Bertz CT molecular complexity index is 509. The molecule has 0 saturated carbocycles. The molecule has 82 valence electrons. The van der Waals surface area contributed by atoms with Crippen LogP contribution in [0, 0.1) is 0 Å². The fraction of sp³-hybridized carbons (Fsp3) is 0.0909. The zero-order valence-electron chi connectivity index (χ0n) is 8.23. The van der Waals surface area contributed by atoms with Gasteiger partial charge >= 0.3 is 0 Å². The van der Waals surface area contributed by atoms with Gasteiger partial charge < -0.3 is 4.57 Å². The van der Waals surface area contributed by atoms with Crippen LogP contribution in [-0.4, -0.2) is 14.4 Å². The highest BCUT2D eigenvalue weighted by molar-refractivity contribution is 7.80. The molecule has 0 aliphatic carbocycles. The minimum atomic E-state index is 0.581. The molecule has 0 saturated heterocycles. The summed E-state index contributed by atoms with van der Waals surface area (Å²) in [7, 11) is 0. The average Bonchev–Trinajstić information content (AvgIpc) is 2.70. The number of aromatic nitrogens is 2. The van der Waals surface area contributed by atoms with Crippen molar-refractivity contribution in [1.82, 2.24) is 9.55 Å². The zero-order chi connectivity index (χ0) is 11.5. The first-order chi connectivity index (χ1) is 7.66. The average molecular weight is 271 g/mol. The van der Waals surface area contributed by atoms with Crippen molar-refractivity contribution in [2.24, 2.45) is 0 Å². The second-order valence-corrected chi connectivity index (χ2v) is 4.62. The number of imidazole rings is 1. The van der Waals surface area contributed by atoms with Crippen LogP contribution in [0.15, 0.2) is 36.9 Å². The van der Waals surface area contributed by atoms with Crippen molar-refractivity contribution in [3.8, 4) is 0 Å². The van der Waals surface area contributed by atoms with Crippen molar-refractivity contribution >= 4 is 40.3 Å². The van der Waals surface area contributed by atoms with E-state index < -0.39 is 0 Å². The van der Waals surface area contributed by atoms with Gasteiger partial charge in [0, 0.05) is 27.8 Å². The van der Waals surface area contributed by atoms with Gasteiger partial charge in [-0.3, -0.25) is 0 Å². The van der Waals surface area contributed by atoms with E-state index in [4.69, 9.17) is 35.4 Å². The number of benzene rings is 1. The van der Waals surface area contributed by atoms with E-state index in [0.717, 1.165) is 10.4 Å².